The fourth-order valence-corrected chi connectivity index (χ4v) is 4.24. The van der Waals surface area contributed by atoms with Crippen molar-refractivity contribution in [3.8, 4) is 5.75 Å². The molecule has 3 fully saturated rings. The summed E-state index contributed by atoms with van der Waals surface area (Å²) in [6, 6.07) is 6.63. The van der Waals surface area contributed by atoms with Crippen LogP contribution in [-0.2, 0) is 4.74 Å². The number of likely N-dealkylation sites (tertiary alicyclic amines) is 2. The molecule has 5 heteroatoms. The topological polar surface area (TPSA) is 53.0 Å². The number of amides is 1. The summed E-state index contributed by atoms with van der Waals surface area (Å²) in [7, 11) is 2.18. The van der Waals surface area contributed by atoms with E-state index in [4.69, 9.17) is 4.74 Å². The fourth-order valence-electron chi connectivity index (χ4n) is 4.24. The molecule has 0 radical (unpaired) electrons. The van der Waals surface area contributed by atoms with Crippen LogP contribution in [0.4, 0.5) is 0 Å². The van der Waals surface area contributed by atoms with Crippen LogP contribution in [0.3, 0.4) is 0 Å². The number of benzene rings is 1. The van der Waals surface area contributed by atoms with Gasteiger partial charge in [0.15, 0.2) is 0 Å². The van der Waals surface area contributed by atoms with Gasteiger partial charge in [-0.1, -0.05) is 6.07 Å². The molecule has 0 aromatic heterocycles. The Hall–Kier alpha value is -1.59. The lowest BCUT2D eigenvalue weighted by molar-refractivity contribution is -0.0761. The minimum atomic E-state index is 0.0158. The van der Waals surface area contributed by atoms with Crippen molar-refractivity contribution >= 4 is 5.91 Å². The van der Waals surface area contributed by atoms with Gasteiger partial charge in [-0.3, -0.25) is 9.69 Å². The summed E-state index contributed by atoms with van der Waals surface area (Å²) in [6.07, 6.45) is 4.97. The van der Waals surface area contributed by atoms with Gasteiger partial charge in [-0.2, -0.15) is 0 Å². The number of hydrogen-bond acceptors (Lipinski definition) is 4. The monoisotopic (exact) mass is 344 g/mol. The molecular weight excluding hydrogens is 316 g/mol. The first kappa shape index (κ1) is 16.9. The van der Waals surface area contributed by atoms with Crippen molar-refractivity contribution in [1.29, 1.82) is 0 Å². The van der Waals surface area contributed by atoms with Crippen molar-refractivity contribution in [3.05, 3.63) is 29.8 Å². The van der Waals surface area contributed by atoms with Crippen LogP contribution in [0.15, 0.2) is 24.3 Å². The minimum absolute atomic E-state index is 0.0158. The molecule has 0 bridgehead atoms. The van der Waals surface area contributed by atoms with Gasteiger partial charge in [-0.15, -0.1) is 0 Å². The molecular formula is C20H28N2O3. The molecule has 136 valence electrons. The first-order chi connectivity index (χ1) is 12.1. The zero-order valence-corrected chi connectivity index (χ0v) is 15.0. The number of nitrogens with zero attached hydrogens (tertiary/aromatic N) is 2. The van der Waals surface area contributed by atoms with E-state index >= 15 is 0 Å². The van der Waals surface area contributed by atoms with Gasteiger partial charge >= 0.3 is 0 Å². The lowest BCUT2D eigenvalue weighted by Gasteiger charge is -2.58. The molecule has 4 rings (SSSR count). The van der Waals surface area contributed by atoms with E-state index in [-0.39, 0.29) is 17.2 Å². The molecule has 1 aromatic rings. The predicted octanol–water partition coefficient (Wildman–Crippen LogP) is 2.36. The van der Waals surface area contributed by atoms with E-state index < -0.39 is 0 Å². The summed E-state index contributed by atoms with van der Waals surface area (Å²) in [6.45, 7) is 4.42. The molecule has 1 saturated carbocycles. The number of piperidine rings is 1. The van der Waals surface area contributed by atoms with E-state index in [1.54, 1.807) is 24.3 Å². The molecule has 2 heterocycles. The number of likely N-dealkylation sites (N-methyl/N-ethyl adjacent to an activating group) is 1. The third-order valence-electron chi connectivity index (χ3n) is 6.11. The summed E-state index contributed by atoms with van der Waals surface area (Å²) in [5, 5.41) is 9.59. The molecule has 0 unspecified atom stereocenters. The maximum Gasteiger partial charge on any atom is 0.254 e. The van der Waals surface area contributed by atoms with E-state index in [2.05, 4.69) is 11.9 Å². The standard InChI is InChI=1S/C20H28N2O3/c1-21-8-7-16(12-25-11-15-5-6-15)10-20(21)13-22(14-20)19(24)17-3-2-4-18(23)9-17/h2-4,9,15-16,23H,5-8,10-14H2,1H3/t16-/m1/s1. The van der Waals surface area contributed by atoms with Crippen LogP contribution in [0.5, 0.6) is 5.75 Å². The third-order valence-corrected chi connectivity index (χ3v) is 6.11. The Morgan fingerprint density at radius 2 is 2.00 bits per heavy atom. The molecule has 2 saturated heterocycles. The van der Waals surface area contributed by atoms with E-state index in [9.17, 15) is 9.90 Å². The van der Waals surface area contributed by atoms with Crippen LogP contribution in [0, 0.1) is 11.8 Å². The van der Waals surface area contributed by atoms with E-state index in [0.29, 0.717) is 11.5 Å². The van der Waals surface area contributed by atoms with Gasteiger partial charge in [-0.25, -0.2) is 0 Å². The highest BCUT2D eigenvalue weighted by molar-refractivity contribution is 5.95. The molecule has 1 aliphatic carbocycles. The highest BCUT2D eigenvalue weighted by atomic mass is 16.5. The Labute approximate surface area is 149 Å². The molecule has 5 nitrogen and oxygen atoms in total. The molecule has 1 atom stereocenters. The Kier molecular flexibility index (Phi) is 4.46. The first-order valence-corrected chi connectivity index (χ1v) is 9.43. The van der Waals surface area contributed by atoms with Crippen LogP contribution < -0.4 is 0 Å². The smallest absolute Gasteiger partial charge is 0.254 e. The number of phenolic OH excluding ortho intramolecular Hbond substituents is 1. The van der Waals surface area contributed by atoms with Gasteiger partial charge in [-0.05, 0) is 69.3 Å². The van der Waals surface area contributed by atoms with Crippen LogP contribution in [0.25, 0.3) is 0 Å². The van der Waals surface area contributed by atoms with Crippen LogP contribution in [0.2, 0.25) is 0 Å². The lowest BCUT2D eigenvalue weighted by Crippen LogP contribution is -2.72. The highest BCUT2D eigenvalue weighted by Crippen LogP contribution is 2.39. The molecule has 25 heavy (non-hydrogen) atoms. The zero-order valence-electron chi connectivity index (χ0n) is 15.0. The SMILES string of the molecule is CN1CC[C@@H](COCC2CC2)CC12CN(C(=O)c1cccc(O)c1)C2. The van der Waals surface area contributed by atoms with Crippen LogP contribution in [0.1, 0.15) is 36.0 Å². The largest absolute Gasteiger partial charge is 0.508 e. The summed E-state index contributed by atoms with van der Waals surface area (Å²) in [4.78, 5) is 16.9. The average Bonchev–Trinajstić information content (AvgIpc) is 3.38. The Balaban J connectivity index is 1.33. The fraction of sp³-hybridized carbons (Fsp3) is 0.650. The zero-order chi connectivity index (χ0) is 17.4. The van der Waals surface area contributed by atoms with Gasteiger partial charge in [0.25, 0.3) is 5.91 Å². The van der Waals surface area contributed by atoms with Crippen molar-refractivity contribution in [2.45, 2.75) is 31.2 Å². The van der Waals surface area contributed by atoms with Crippen molar-refractivity contribution in [3.63, 3.8) is 0 Å². The Bertz CT molecular complexity index is 638. The second-order valence-electron chi connectivity index (χ2n) is 8.20. The molecule has 1 aromatic carbocycles. The molecule has 3 aliphatic rings. The lowest BCUT2D eigenvalue weighted by atomic mass is 9.75. The molecule has 2 aliphatic heterocycles. The summed E-state index contributed by atoms with van der Waals surface area (Å²) in [5.74, 6) is 1.58. The van der Waals surface area contributed by atoms with Gasteiger partial charge in [0.1, 0.15) is 5.75 Å². The maximum absolute atomic E-state index is 12.6. The van der Waals surface area contributed by atoms with Gasteiger partial charge < -0.3 is 14.7 Å². The first-order valence-electron chi connectivity index (χ1n) is 9.43. The average molecular weight is 344 g/mol. The van der Waals surface area contributed by atoms with Gasteiger partial charge in [0, 0.05) is 31.9 Å². The number of carbonyl (C=O) groups is 1. The second kappa shape index (κ2) is 6.61. The summed E-state index contributed by atoms with van der Waals surface area (Å²) >= 11 is 0. The van der Waals surface area contributed by atoms with Gasteiger partial charge in [0.2, 0.25) is 0 Å². The summed E-state index contributed by atoms with van der Waals surface area (Å²) < 4.78 is 5.92. The van der Waals surface area contributed by atoms with Crippen LogP contribution >= 0.6 is 0 Å². The van der Waals surface area contributed by atoms with Crippen molar-refractivity contribution in [1.82, 2.24) is 9.80 Å². The Morgan fingerprint density at radius 1 is 1.24 bits per heavy atom. The van der Waals surface area contributed by atoms with Crippen molar-refractivity contribution < 1.29 is 14.6 Å². The van der Waals surface area contributed by atoms with E-state index in [1.807, 2.05) is 4.90 Å². The third kappa shape index (κ3) is 3.53. The maximum atomic E-state index is 12.6. The number of carbonyl (C=O) groups excluding carboxylic acids is 1. The number of rotatable bonds is 5. The van der Waals surface area contributed by atoms with E-state index in [1.165, 1.54) is 19.3 Å². The highest BCUT2D eigenvalue weighted by Gasteiger charge is 2.51. The number of aromatic hydroxyl groups is 1. The summed E-state index contributed by atoms with van der Waals surface area (Å²) in [5.41, 5.74) is 0.677. The van der Waals surface area contributed by atoms with Crippen molar-refractivity contribution in [2.24, 2.45) is 11.8 Å². The molecule has 1 amide bonds. The van der Waals surface area contributed by atoms with Gasteiger partial charge in [0.05, 0.1) is 5.54 Å². The van der Waals surface area contributed by atoms with Crippen molar-refractivity contribution in [2.75, 3.05) is 39.9 Å². The minimum Gasteiger partial charge on any atom is -0.508 e. The number of hydrogen-bond donors (Lipinski definition) is 1. The quantitative estimate of drug-likeness (QED) is 0.891. The van der Waals surface area contributed by atoms with Crippen LogP contribution in [-0.4, -0.2) is 66.2 Å². The van der Waals surface area contributed by atoms with E-state index in [0.717, 1.165) is 45.2 Å². The predicted molar refractivity (Wildman–Crippen MR) is 95.6 cm³/mol. The number of ether oxygens (including phenoxy) is 1. The normalized spacial score (nSPS) is 25.8. The molecule has 1 spiro atoms. The second-order valence-corrected chi connectivity index (χ2v) is 8.20. The number of phenols is 1. The molecule has 1 N–H and O–H groups in total. The Morgan fingerprint density at radius 3 is 2.72 bits per heavy atom.